The van der Waals surface area contributed by atoms with Crippen molar-refractivity contribution in [1.29, 1.82) is 0 Å². The average molecular weight is 586 g/mol. The van der Waals surface area contributed by atoms with Crippen LogP contribution in [-0.4, -0.2) is 56.9 Å². The summed E-state index contributed by atoms with van der Waals surface area (Å²) in [6.07, 6.45) is 2.75. The first-order chi connectivity index (χ1) is 20.9. The molecular weight excluding hydrogens is 546 g/mol. The molecular formula is C34H39N3O6. The zero-order valence-corrected chi connectivity index (χ0v) is 24.4. The fourth-order valence-corrected chi connectivity index (χ4v) is 5.26. The van der Waals surface area contributed by atoms with Crippen LogP contribution >= 0.6 is 0 Å². The van der Waals surface area contributed by atoms with E-state index in [0.717, 1.165) is 27.8 Å². The van der Waals surface area contributed by atoms with Crippen molar-refractivity contribution in [2.75, 3.05) is 26.9 Å². The Morgan fingerprint density at radius 3 is 2.16 bits per heavy atom. The summed E-state index contributed by atoms with van der Waals surface area (Å²) in [7, 11) is 1.27. The highest BCUT2D eigenvalue weighted by Gasteiger charge is 2.31. The van der Waals surface area contributed by atoms with E-state index in [0.29, 0.717) is 38.2 Å². The Bertz CT molecular complexity index is 1360. The second-order valence-corrected chi connectivity index (χ2v) is 10.3. The largest absolute Gasteiger partial charge is 0.490 e. The molecule has 1 aliphatic carbocycles. The van der Waals surface area contributed by atoms with Crippen molar-refractivity contribution in [2.24, 2.45) is 5.73 Å². The lowest BCUT2D eigenvalue weighted by Crippen LogP contribution is -2.52. The number of carbonyl (C=O) groups is 3. The molecule has 9 heteroatoms. The molecule has 0 fully saturated rings. The number of esters is 1. The molecule has 9 nitrogen and oxygen atoms in total. The topological polar surface area (TPSA) is 129 Å². The average Bonchev–Trinajstić information content (AvgIpc) is 3.35. The Balaban J connectivity index is 1.41. The number of amides is 2. The molecule has 0 aliphatic heterocycles. The second kappa shape index (κ2) is 15.6. The first kappa shape index (κ1) is 31.3. The highest BCUT2D eigenvalue weighted by molar-refractivity contribution is 5.90. The lowest BCUT2D eigenvalue weighted by molar-refractivity contribution is -0.145. The Morgan fingerprint density at radius 1 is 0.907 bits per heavy atom. The van der Waals surface area contributed by atoms with Crippen LogP contribution in [0.25, 0.3) is 11.1 Å². The second-order valence-electron chi connectivity index (χ2n) is 10.3. The fraction of sp³-hybridized carbons (Fsp3) is 0.324. The summed E-state index contributed by atoms with van der Waals surface area (Å²) in [4.78, 5) is 39.0. The highest BCUT2D eigenvalue weighted by Crippen LogP contribution is 2.44. The number of methoxy groups -OCH3 is 1. The summed E-state index contributed by atoms with van der Waals surface area (Å²) in [5.41, 5.74) is 10.9. The van der Waals surface area contributed by atoms with Crippen molar-refractivity contribution < 1.29 is 28.6 Å². The molecule has 3 aromatic rings. The van der Waals surface area contributed by atoms with Crippen molar-refractivity contribution in [1.82, 2.24) is 10.6 Å². The van der Waals surface area contributed by atoms with E-state index < -0.39 is 30.1 Å². The molecule has 0 spiro atoms. The number of ether oxygens (including phenoxy) is 3. The van der Waals surface area contributed by atoms with Gasteiger partial charge in [0.15, 0.2) is 0 Å². The number of carbonyl (C=O) groups excluding carboxylic acids is 3. The minimum Gasteiger partial charge on any atom is -0.490 e. The number of unbranched alkanes of at least 4 members (excludes halogenated alkanes) is 1. The van der Waals surface area contributed by atoms with Crippen LogP contribution in [-0.2, 0) is 25.5 Å². The maximum Gasteiger partial charge on any atom is 0.407 e. The Hall–Kier alpha value is -4.63. The summed E-state index contributed by atoms with van der Waals surface area (Å²) in [6.45, 7) is 4.58. The van der Waals surface area contributed by atoms with E-state index in [2.05, 4.69) is 29.3 Å². The van der Waals surface area contributed by atoms with E-state index in [1.54, 1.807) is 18.2 Å². The van der Waals surface area contributed by atoms with Crippen LogP contribution < -0.4 is 21.1 Å². The normalized spacial score (nSPS) is 13.2. The number of benzene rings is 3. The molecule has 0 unspecified atom stereocenters. The van der Waals surface area contributed by atoms with Crippen LogP contribution in [0.3, 0.4) is 0 Å². The van der Waals surface area contributed by atoms with Crippen molar-refractivity contribution in [3.63, 3.8) is 0 Å². The van der Waals surface area contributed by atoms with Gasteiger partial charge in [0.2, 0.25) is 5.91 Å². The van der Waals surface area contributed by atoms with Crippen LogP contribution in [0, 0.1) is 0 Å². The fourth-order valence-electron chi connectivity index (χ4n) is 5.26. The smallest absolute Gasteiger partial charge is 0.407 e. The molecule has 0 saturated carbocycles. The summed E-state index contributed by atoms with van der Waals surface area (Å²) >= 11 is 0. The van der Waals surface area contributed by atoms with Gasteiger partial charge in [0, 0.05) is 12.3 Å². The first-order valence-corrected chi connectivity index (χ1v) is 14.5. The molecule has 4 N–H and O–H groups in total. The third-order valence-electron chi connectivity index (χ3n) is 7.43. The van der Waals surface area contributed by atoms with Crippen molar-refractivity contribution in [3.05, 3.63) is 102 Å². The van der Waals surface area contributed by atoms with Gasteiger partial charge in [-0.05, 0) is 65.8 Å². The van der Waals surface area contributed by atoms with Gasteiger partial charge in [0.1, 0.15) is 31.0 Å². The number of nitrogens with two attached hydrogens (primary N) is 1. The summed E-state index contributed by atoms with van der Waals surface area (Å²) in [5, 5.41) is 5.47. The van der Waals surface area contributed by atoms with Gasteiger partial charge in [-0.3, -0.25) is 4.79 Å². The predicted molar refractivity (Wildman–Crippen MR) is 165 cm³/mol. The number of alkyl carbamates (subject to hydrolysis) is 1. The molecule has 0 aromatic heterocycles. The van der Waals surface area contributed by atoms with E-state index in [9.17, 15) is 14.4 Å². The summed E-state index contributed by atoms with van der Waals surface area (Å²) in [6, 6.07) is 21.4. The lowest BCUT2D eigenvalue weighted by Gasteiger charge is -2.23. The minimum atomic E-state index is -0.959. The van der Waals surface area contributed by atoms with Gasteiger partial charge in [0.05, 0.1) is 7.11 Å². The quantitative estimate of drug-likeness (QED) is 0.136. The standard InChI is InChI=1S/C34H39N3O6/c1-3-20-42-24-17-15-23(16-18-24)21-31(33(39)41-2)36-32(38)30(14-8-9-19-35)37-34(40)43-22-29-27-12-6-4-10-25(27)26-11-5-7-13-28(26)29/h3-7,10-13,15-18,29-31H,1,8-9,14,19-22,35H2,2H3,(H,36,38)(H,37,40)/t30-,31+/m1/s1. The van der Waals surface area contributed by atoms with Crippen LogP contribution in [0.2, 0.25) is 0 Å². The van der Waals surface area contributed by atoms with Gasteiger partial charge < -0.3 is 30.6 Å². The van der Waals surface area contributed by atoms with Crippen LogP contribution in [0.1, 0.15) is 41.9 Å². The SMILES string of the molecule is C=CCOc1ccc(C[C@H](NC(=O)[C@@H](CCCCN)NC(=O)OCC2c3ccccc3-c3ccccc32)C(=O)OC)cc1. The molecule has 1 aliphatic rings. The first-order valence-electron chi connectivity index (χ1n) is 14.5. The molecule has 2 amide bonds. The maximum atomic E-state index is 13.4. The molecule has 0 heterocycles. The van der Waals surface area contributed by atoms with E-state index >= 15 is 0 Å². The summed E-state index contributed by atoms with van der Waals surface area (Å²) < 4.78 is 16.1. The Morgan fingerprint density at radius 2 is 1.56 bits per heavy atom. The van der Waals surface area contributed by atoms with E-state index in [4.69, 9.17) is 19.9 Å². The van der Waals surface area contributed by atoms with E-state index in [-0.39, 0.29) is 18.9 Å². The highest BCUT2D eigenvalue weighted by atomic mass is 16.5. The third kappa shape index (κ3) is 8.23. The number of hydrogen-bond donors (Lipinski definition) is 3. The van der Waals surface area contributed by atoms with E-state index in [1.807, 2.05) is 48.5 Å². The number of fused-ring (bicyclic) bond motifs is 3. The van der Waals surface area contributed by atoms with Crippen molar-refractivity contribution in [3.8, 4) is 16.9 Å². The minimum absolute atomic E-state index is 0.111. The van der Waals surface area contributed by atoms with Crippen LogP contribution in [0.4, 0.5) is 4.79 Å². The van der Waals surface area contributed by atoms with Crippen LogP contribution in [0.15, 0.2) is 85.5 Å². The van der Waals surface area contributed by atoms with Gasteiger partial charge in [-0.2, -0.15) is 0 Å². The Kier molecular flexibility index (Phi) is 11.3. The number of rotatable bonds is 15. The molecule has 4 rings (SSSR count). The van der Waals surface area contributed by atoms with Gasteiger partial charge >= 0.3 is 12.1 Å². The van der Waals surface area contributed by atoms with Gasteiger partial charge in [-0.15, -0.1) is 0 Å². The predicted octanol–water partition coefficient (Wildman–Crippen LogP) is 4.49. The van der Waals surface area contributed by atoms with E-state index in [1.165, 1.54) is 7.11 Å². The monoisotopic (exact) mass is 585 g/mol. The zero-order valence-electron chi connectivity index (χ0n) is 24.4. The summed E-state index contributed by atoms with van der Waals surface area (Å²) in [5.74, 6) is -0.552. The molecule has 0 radical (unpaired) electrons. The molecule has 0 saturated heterocycles. The maximum absolute atomic E-state index is 13.4. The Labute approximate surface area is 252 Å². The van der Waals surface area contributed by atoms with Gasteiger partial charge in [0.25, 0.3) is 0 Å². The molecule has 226 valence electrons. The number of hydrogen-bond acceptors (Lipinski definition) is 7. The molecule has 0 bridgehead atoms. The van der Waals surface area contributed by atoms with Gasteiger partial charge in [-0.1, -0.05) is 73.3 Å². The molecule has 3 aromatic carbocycles. The molecule has 43 heavy (non-hydrogen) atoms. The molecule has 2 atom stereocenters. The zero-order chi connectivity index (χ0) is 30.6. The van der Waals surface area contributed by atoms with Crippen LogP contribution in [0.5, 0.6) is 5.75 Å². The number of nitrogens with one attached hydrogen (secondary N) is 2. The van der Waals surface area contributed by atoms with Crippen molar-refractivity contribution in [2.45, 2.75) is 43.7 Å². The van der Waals surface area contributed by atoms with Crippen molar-refractivity contribution >= 4 is 18.0 Å². The lowest BCUT2D eigenvalue weighted by atomic mass is 9.98. The third-order valence-corrected chi connectivity index (χ3v) is 7.43. The van der Waals surface area contributed by atoms with Gasteiger partial charge in [-0.25, -0.2) is 9.59 Å².